The Bertz CT molecular complexity index is 1130. The van der Waals surface area contributed by atoms with Gasteiger partial charge in [-0.1, -0.05) is 19.4 Å². The van der Waals surface area contributed by atoms with Crippen molar-refractivity contribution in [3.05, 3.63) is 45.9 Å². The molecule has 33 heavy (non-hydrogen) atoms. The highest BCUT2D eigenvalue weighted by molar-refractivity contribution is 7.15. The molecular weight excluding hydrogens is 458 g/mol. The van der Waals surface area contributed by atoms with E-state index in [1.165, 1.54) is 16.2 Å². The molecule has 8 nitrogen and oxygen atoms in total. The van der Waals surface area contributed by atoms with Crippen LogP contribution in [0.4, 0.5) is 4.79 Å². The van der Waals surface area contributed by atoms with Crippen LogP contribution in [-0.2, 0) is 11.2 Å². The number of thiophene rings is 1. The fourth-order valence-corrected chi connectivity index (χ4v) is 6.54. The number of thiazole rings is 1. The summed E-state index contributed by atoms with van der Waals surface area (Å²) in [7, 11) is 0. The molecule has 5 heterocycles. The van der Waals surface area contributed by atoms with Crippen LogP contribution in [0.3, 0.4) is 0 Å². The summed E-state index contributed by atoms with van der Waals surface area (Å²) < 4.78 is 1.86. The molecule has 174 valence electrons. The number of rotatable bonds is 7. The van der Waals surface area contributed by atoms with Gasteiger partial charge >= 0.3 is 6.03 Å². The molecule has 2 fully saturated rings. The van der Waals surface area contributed by atoms with E-state index in [1.807, 2.05) is 45.3 Å². The van der Waals surface area contributed by atoms with Crippen LogP contribution in [0, 0.1) is 5.92 Å². The van der Waals surface area contributed by atoms with Crippen molar-refractivity contribution in [2.24, 2.45) is 5.92 Å². The standard InChI is InChI=1S/C23H27N5O3S2/c1-2-8-23(20(30)28(21(31)25-23)11-7-17-4-3-13-32-17)16-5-9-26(10-6-16)19(29)18-15-27-12-14-33-22(27)24-18/h3-4,12-16H,2,5-11H2,1H3,(H,25,31)/t23-/m0/s1. The molecule has 0 aromatic carbocycles. The second-order valence-electron chi connectivity index (χ2n) is 8.72. The van der Waals surface area contributed by atoms with Crippen molar-refractivity contribution in [1.29, 1.82) is 0 Å². The van der Waals surface area contributed by atoms with Gasteiger partial charge in [0.15, 0.2) is 4.96 Å². The minimum atomic E-state index is -0.868. The Morgan fingerprint density at radius 1 is 1.24 bits per heavy atom. The molecule has 4 amide bonds. The predicted octanol–water partition coefficient (Wildman–Crippen LogP) is 3.64. The van der Waals surface area contributed by atoms with Crippen LogP contribution < -0.4 is 5.32 Å². The van der Waals surface area contributed by atoms with E-state index in [0.717, 1.165) is 16.3 Å². The van der Waals surface area contributed by atoms with Gasteiger partial charge in [-0.3, -0.25) is 18.9 Å². The minimum absolute atomic E-state index is 0.00942. The Hall–Kier alpha value is -2.72. The Kier molecular flexibility index (Phi) is 5.96. The van der Waals surface area contributed by atoms with Gasteiger partial charge in [-0.15, -0.1) is 22.7 Å². The Labute approximate surface area is 200 Å². The highest BCUT2D eigenvalue weighted by Crippen LogP contribution is 2.37. The first-order valence-electron chi connectivity index (χ1n) is 11.4. The monoisotopic (exact) mass is 485 g/mol. The number of piperidine rings is 1. The van der Waals surface area contributed by atoms with Crippen molar-refractivity contribution in [3.8, 4) is 0 Å². The lowest BCUT2D eigenvalue weighted by Crippen LogP contribution is -2.56. The van der Waals surface area contributed by atoms with Crippen molar-refractivity contribution in [3.63, 3.8) is 0 Å². The highest BCUT2D eigenvalue weighted by Gasteiger charge is 2.55. The number of amides is 4. The SMILES string of the molecule is CCC[C@@]1(C2CCN(C(=O)c3cn4ccsc4n3)CC2)NC(=O)N(CCc2cccs2)C1=O. The maximum absolute atomic E-state index is 13.5. The van der Waals surface area contributed by atoms with Crippen LogP contribution in [0.1, 0.15) is 48.0 Å². The summed E-state index contributed by atoms with van der Waals surface area (Å²) in [6, 6.07) is 3.72. The molecule has 5 rings (SSSR count). The molecular formula is C23H27N5O3S2. The Morgan fingerprint density at radius 2 is 2.06 bits per heavy atom. The van der Waals surface area contributed by atoms with Gasteiger partial charge in [0.1, 0.15) is 11.2 Å². The normalized spacial score (nSPS) is 21.8. The van der Waals surface area contributed by atoms with Gasteiger partial charge in [0.05, 0.1) is 0 Å². The van der Waals surface area contributed by atoms with E-state index in [1.54, 1.807) is 17.5 Å². The second-order valence-corrected chi connectivity index (χ2v) is 10.6. The van der Waals surface area contributed by atoms with Gasteiger partial charge in [0.25, 0.3) is 11.8 Å². The molecule has 10 heteroatoms. The van der Waals surface area contributed by atoms with E-state index >= 15 is 0 Å². The van der Waals surface area contributed by atoms with Gasteiger partial charge in [0.2, 0.25) is 0 Å². The average Bonchev–Trinajstić information content (AvgIpc) is 3.59. The maximum Gasteiger partial charge on any atom is 0.325 e. The molecule has 0 radical (unpaired) electrons. The fourth-order valence-electron chi connectivity index (χ4n) is 5.14. The van der Waals surface area contributed by atoms with Crippen LogP contribution >= 0.6 is 22.7 Å². The lowest BCUT2D eigenvalue weighted by atomic mass is 9.74. The topological polar surface area (TPSA) is 87.0 Å². The molecule has 0 saturated carbocycles. The summed E-state index contributed by atoms with van der Waals surface area (Å²) in [4.78, 5) is 49.0. The molecule has 0 aliphatic carbocycles. The number of carbonyl (C=O) groups excluding carboxylic acids is 3. The van der Waals surface area contributed by atoms with Crippen molar-refractivity contribution in [2.45, 2.75) is 44.6 Å². The van der Waals surface area contributed by atoms with Crippen LogP contribution in [0.15, 0.2) is 35.3 Å². The van der Waals surface area contributed by atoms with Crippen LogP contribution in [0.5, 0.6) is 0 Å². The van der Waals surface area contributed by atoms with Crippen LogP contribution in [0.2, 0.25) is 0 Å². The molecule has 1 N–H and O–H groups in total. The molecule has 3 aromatic heterocycles. The molecule has 0 unspecified atom stereocenters. The predicted molar refractivity (Wildman–Crippen MR) is 128 cm³/mol. The molecule has 2 aliphatic heterocycles. The number of fused-ring (bicyclic) bond motifs is 1. The van der Waals surface area contributed by atoms with E-state index in [9.17, 15) is 14.4 Å². The number of carbonyl (C=O) groups is 3. The number of imidazole rings is 1. The average molecular weight is 486 g/mol. The third-order valence-electron chi connectivity index (χ3n) is 6.80. The van der Waals surface area contributed by atoms with Crippen LogP contribution in [-0.4, -0.2) is 62.2 Å². The van der Waals surface area contributed by atoms with E-state index in [-0.39, 0.29) is 23.8 Å². The van der Waals surface area contributed by atoms with Crippen molar-refractivity contribution < 1.29 is 14.4 Å². The molecule has 3 aromatic rings. The number of nitrogens with zero attached hydrogens (tertiary/aromatic N) is 4. The summed E-state index contributed by atoms with van der Waals surface area (Å²) in [5, 5.41) is 7.02. The molecule has 0 bridgehead atoms. The number of hydrogen-bond donors (Lipinski definition) is 1. The lowest BCUT2D eigenvalue weighted by Gasteiger charge is -2.40. The summed E-state index contributed by atoms with van der Waals surface area (Å²) in [6.45, 7) is 3.54. The summed E-state index contributed by atoms with van der Waals surface area (Å²) >= 11 is 3.13. The van der Waals surface area contributed by atoms with Gasteiger partial charge in [-0.25, -0.2) is 9.78 Å². The number of imide groups is 1. The molecule has 1 atom stereocenters. The summed E-state index contributed by atoms with van der Waals surface area (Å²) in [5.74, 6) is -0.173. The number of hydrogen-bond acceptors (Lipinski definition) is 6. The maximum atomic E-state index is 13.5. The van der Waals surface area contributed by atoms with Gasteiger partial charge in [0, 0.05) is 42.3 Å². The number of nitrogens with one attached hydrogen (secondary N) is 1. The Balaban J connectivity index is 1.27. The van der Waals surface area contributed by atoms with Crippen LogP contribution in [0.25, 0.3) is 4.96 Å². The van der Waals surface area contributed by atoms with Crippen molar-refractivity contribution in [2.75, 3.05) is 19.6 Å². The number of urea groups is 1. The van der Waals surface area contributed by atoms with Crippen molar-refractivity contribution >= 4 is 45.5 Å². The van der Waals surface area contributed by atoms with Crippen molar-refractivity contribution in [1.82, 2.24) is 24.5 Å². The number of likely N-dealkylation sites (tertiary alicyclic amines) is 1. The first-order chi connectivity index (χ1) is 16.0. The van der Waals surface area contributed by atoms with E-state index in [4.69, 9.17) is 0 Å². The first kappa shape index (κ1) is 22.1. The third kappa shape index (κ3) is 3.95. The van der Waals surface area contributed by atoms with E-state index < -0.39 is 5.54 Å². The van der Waals surface area contributed by atoms with Gasteiger partial charge in [-0.2, -0.15) is 0 Å². The zero-order valence-corrected chi connectivity index (χ0v) is 20.2. The second kappa shape index (κ2) is 8.90. The fraction of sp³-hybridized carbons (Fsp3) is 0.478. The Morgan fingerprint density at radius 3 is 2.76 bits per heavy atom. The highest BCUT2D eigenvalue weighted by atomic mass is 32.1. The quantitative estimate of drug-likeness (QED) is 0.518. The number of aromatic nitrogens is 2. The zero-order valence-electron chi connectivity index (χ0n) is 18.5. The van der Waals surface area contributed by atoms with Gasteiger partial charge in [-0.05, 0) is 43.0 Å². The molecule has 2 aliphatic rings. The largest absolute Gasteiger partial charge is 0.337 e. The third-order valence-corrected chi connectivity index (χ3v) is 8.51. The summed E-state index contributed by atoms with van der Waals surface area (Å²) in [6.07, 6.45) is 7.11. The minimum Gasteiger partial charge on any atom is -0.337 e. The smallest absolute Gasteiger partial charge is 0.325 e. The van der Waals surface area contributed by atoms with Gasteiger partial charge < -0.3 is 10.2 Å². The summed E-state index contributed by atoms with van der Waals surface area (Å²) in [5.41, 5.74) is -0.415. The van der Waals surface area contributed by atoms with E-state index in [2.05, 4.69) is 10.3 Å². The lowest BCUT2D eigenvalue weighted by molar-refractivity contribution is -0.134. The van der Waals surface area contributed by atoms with E-state index in [0.29, 0.717) is 51.0 Å². The zero-order chi connectivity index (χ0) is 23.0. The molecule has 2 saturated heterocycles. The first-order valence-corrected chi connectivity index (χ1v) is 13.2. The molecule has 0 spiro atoms.